The molecule has 36 heavy (non-hydrogen) atoms. The van der Waals surface area contributed by atoms with Gasteiger partial charge in [0.15, 0.2) is 0 Å². The van der Waals surface area contributed by atoms with Gasteiger partial charge in [-0.2, -0.15) is 9.57 Å². The molecule has 0 saturated heterocycles. The van der Waals surface area contributed by atoms with E-state index in [0.29, 0.717) is 12.1 Å². The minimum Gasteiger partial charge on any atom is -0.465 e. The van der Waals surface area contributed by atoms with Gasteiger partial charge >= 0.3 is 6.09 Å². The Morgan fingerprint density at radius 3 is 2.39 bits per heavy atom. The Labute approximate surface area is 214 Å². The fourth-order valence-corrected chi connectivity index (χ4v) is 5.60. The van der Waals surface area contributed by atoms with Crippen LogP contribution in [0.2, 0.25) is 0 Å². The monoisotopic (exact) mass is 516 g/mol. The maximum absolute atomic E-state index is 13.8. The zero-order valence-electron chi connectivity index (χ0n) is 21.3. The maximum Gasteiger partial charge on any atom is 0.404 e. The van der Waals surface area contributed by atoms with E-state index in [4.69, 9.17) is 5.26 Å². The molecule has 0 radical (unpaired) electrons. The molecule has 1 amide bonds. The summed E-state index contributed by atoms with van der Waals surface area (Å²) in [7, 11) is -0.438. The summed E-state index contributed by atoms with van der Waals surface area (Å²) in [5, 5.41) is 31.9. The van der Waals surface area contributed by atoms with E-state index >= 15 is 0 Å². The van der Waals surface area contributed by atoms with Gasteiger partial charge in [-0.3, -0.25) is 0 Å². The van der Waals surface area contributed by atoms with Gasteiger partial charge in [-0.1, -0.05) is 50.2 Å². The standard InChI is InChI=1S/C26H36N4O5S/c1-26(2,14-9-15-27)19-30(36(34,35)22-13-8-12-21(17-22)29(3)4)18-24(31)23(28-25(32)33)16-20-10-6-5-7-11-20/h5-8,10-13,17,23-24,28,31H,9,14,16,18-19H2,1-4H3,(H,32,33)/t23-,24+/m0/s1. The minimum atomic E-state index is -4.06. The van der Waals surface area contributed by atoms with Crippen molar-refractivity contribution in [3.8, 4) is 6.07 Å². The maximum atomic E-state index is 13.8. The summed E-state index contributed by atoms with van der Waals surface area (Å²) in [6, 6.07) is 16.8. The summed E-state index contributed by atoms with van der Waals surface area (Å²) in [5.41, 5.74) is 0.948. The Bertz CT molecular complexity index is 1150. The van der Waals surface area contributed by atoms with E-state index in [1.807, 2.05) is 58.3 Å². The number of sulfonamides is 1. The Morgan fingerprint density at radius 1 is 1.14 bits per heavy atom. The van der Waals surface area contributed by atoms with Gasteiger partial charge in [0.25, 0.3) is 0 Å². The molecule has 2 rings (SSSR count). The van der Waals surface area contributed by atoms with E-state index in [1.54, 1.807) is 23.1 Å². The van der Waals surface area contributed by atoms with Crippen molar-refractivity contribution >= 4 is 21.8 Å². The molecule has 0 aliphatic heterocycles. The smallest absolute Gasteiger partial charge is 0.404 e. The quantitative estimate of drug-likeness (QED) is 0.372. The second-order valence-electron chi connectivity index (χ2n) is 9.82. The number of aliphatic hydroxyl groups is 1. The molecule has 196 valence electrons. The predicted octanol–water partition coefficient (Wildman–Crippen LogP) is 3.31. The molecule has 0 bridgehead atoms. The SMILES string of the molecule is CN(C)c1cccc(S(=O)(=O)N(C[C@@H](O)[C@H](Cc2ccccc2)NC(=O)O)CC(C)(C)CCC#N)c1. The number of anilines is 1. The molecule has 0 aliphatic carbocycles. The molecule has 0 saturated carbocycles. The lowest BCUT2D eigenvalue weighted by atomic mass is 9.88. The molecule has 3 N–H and O–H groups in total. The van der Waals surface area contributed by atoms with Gasteiger partial charge in [-0.05, 0) is 42.0 Å². The molecule has 9 nitrogen and oxygen atoms in total. The van der Waals surface area contributed by atoms with Crippen LogP contribution in [0, 0.1) is 16.7 Å². The van der Waals surface area contributed by atoms with Crippen molar-refractivity contribution in [3.63, 3.8) is 0 Å². The van der Waals surface area contributed by atoms with Crippen LogP contribution in [0.4, 0.5) is 10.5 Å². The van der Waals surface area contributed by atoms with Crippen molar-refractivity contribution in [1.82, 2.24) is 9.62 Å². The summed E-state index contributed by atoms with van der Waals surface area (Å²) in [5.74, 6) is 0. The van der Waals surface area contributed by atoms with Crippen molar-refractivity contribution in [3.05, 3.63) is 60.2 Å². The van der Waals surface area contributed by atoms with Gasteiger partial charge in [0.05, 0.1) is 23.1 Å². The summed E-state index contributed by atoms with van der Waals surface area (Å²) < 4.78 is 28.8. The Morgan fingerprint density at radius 2 is 1.81 bits per heavy atom. The lowest BCUT2D eigenvalue weighted by Gasteiger charge is -2.34. The molecule has 0 spiro atoms. The van der Waals surface area contributed by atoms with Gasteiger partial charge in [-0.15, -0.1) is 0 Å². The second kappa shape index (κ2) is 12.7. The van der Waals surface area contributed by atoms with Gasteiger partial charge in [-0.25, -0.2) is 13.2 Å². The molecule has 0 fully saturated rings. The predicted molar refractivity (Wildman–Crippen MR) is 139 cm³/mol. The fraction of sp³-hybridized carbons (Fsp3) is 0.462. The highest BCUT2D eigenvalue weighted by atomic mass is 32.2. The number of benzene rings is 2. The van der Waals surface area contributed by atoms with Crippen LogP contribution in [0.15, 0.2) is 59.5 Å². The van der Waals surface area contributed by atoms with Gasteiger partial charge in [0, 0.05) is 39.3 Å². The topological polar surface area (TPSA) is 134 Å². The lowest BCUT2D eigenvalue weighted by molar-refractivity contribution is 0.0908. The highest BCUT2D eigenvalue weighted by molar-refractivity contribution is 7.89. The van der Waals surface area contributed by atoms with Crippen molar-refractivity contribution in [1.29, 1.82) is 5.26 Å². The number of hydrogen-bond donors (Lipinski definition) is 3. The third kappa shape index (κ3) is 8.52. The average Bonchev–Trinajstić information content (AvgIpc) is 2.82. The van der Waals surface area contributed by atoms with E-state index in [9.17, 15) is 23.4 Å². The van der Waals surface area contributed by atoms with Crippen LogP contribution in [0.3, 0.4) is 0 Å². The van der Waals surface area contributed by atoms with E-state index < -0.39 is 33.7 Å². The largest absolute Gasteiger partial charge is 0.465 e. The Balaban J connectivity index is 2.42. The van der Waals surface area contributed by atoms with Crippen LogP contribution in [-0.2, 0) is 16.4 Å². The molecule has 2 atom stereocenters. The number of nitrogens with zero attached hydrogens (tertiary/aromatic N) is 3. The van der Waals surface area contributed by atoms with E-state index in [1.165, 1.54) is 10.4 Å². The minimum absolute atomic E-state index is 0.0470. The van der Waals surface area contributed by atoms with Gasteiger partial charge in [0.2, 0.25) is 10.0 Å². The number of aliphatic hydroxyl groups excluding tert-OH is 1. The number of hydrogen-bond acceptors (Lipinski definition) is 6. The van der Waals surface area contributed by atoms with Crippen molar-refractivity contribution in [2.45, 2.75) is 50.2 Å². The molecule has 10 heteroatoms. The Hall–Kier alpha value is -3.13. The first-order chi connectivity index (χ1) is 16.9. The van der Waals surface area contributed by atoms with Crippen molar-refractivity contribution < 1.29 is 23.4 Å². The third-order valence-corrected chi connectivity index (χ3v) is 7.76. The lowest BCUT2D eigenvalue weighted by Crippen LogP contribution is -2.51. The Kier molecular flexibility index (Phi) is 10.3. The van der Waals surface area contributed by atoms with Crippen LogP contribution in [0.1, 0.15) is 32.3 Å². The van der Waals surface area contributed by atoms with Crippen molar-refractivity contribution in [2.75, 3.05) is 32.1 Å². The van der Waals surface area contributed by atoms with E-state index in [-0.39, 0.29) is 30.8 Å². The number of carboxylic acid groups (broad SMARTS) is 1. The molecule has 0 aromatic heterocycles. The van der Waals surface area contributed by atoms with E-state index in [2.05, 4.69) is 11.4 Å². The van der Waals surface area contributed by atoms with Gasteiger partial charge in [0.1, 0.15) is 0 Å². The highest BCUT2D eigenvalue weighted by Crippen LogP contribution is 2.29. The van der Waals surface area contributed by atoms with Crippen LogP contribution in [0.5, 0.6) is 0 Å². The molecule has 0 unspecified atom stereocenters. The molecular weight excluding hydrogens is 480 g/mol. The first kappa shape index (κ1) is 29.1. The second-order valence-corrected chi connectivity index (χ2v) is 11.8. The zero-order chi connectivity index (χ0) is 26.9. The number of amides is 1. The van der Waals surface area contributed by atoms with Gasteiger partial charge < -0.3 is 20.4 Å². The molecule has 0 aliphatic rings. The number of nitrogens with one attached hydrogen (secondary N) is 1. The van der Waals surface area contributed by atoms with Crippen molar-refractivity contribution in [2.24, 2.45) is 5.41 Å². The summed E-state index contributed by atoms with van der Waals surface area (Å²) in [6.07, 6.45) is -1.71. The average molecular weight is 517 g/mol. The normalized spacial score (nSPS) is 13.6. The summed E-state index contributed by atoms with van der Waals surface area (Å²) in [6.45, 7) is 3.46. The summed E-state index contributed by atoms with van der Waals surface area (Å²) in [4.78, 5) is 13.3. The number of carbonyl (C=O) groups is 1. The number of rotatable bonds is 13. The van der Waals surface area contributed by atoms with Crippen LogP contribution in [0.25, 0.3) is 0 Å². The third-order valence-electron chi connectivity index (χ3n) is 5.95. The summed E-state index contributed by atoms with van der Waals surface area (Å²) >= 11 is 0. The van der Waals surface area contributed by atoms with E-state index in [0.717, 1.165) is 5.56 Å². The van der Waals surface area contributed by atoms with Crippen LogP contribution >= 0.6 is 0 Å². The fourth-order valence-electron chi connectivity index (χ4n) is 3.92. The highest BCUT2D eigenvalue weighted by Gasteiger charge is 2.34. The first-order valence-corrected chi connectivity index (χ1v) is 13.2. The first-order valence-electron chi connectivity index (χ1n) is 11.7. The van der Waals surface area contributed by atoms with Crippen LogP contribution in [-0.4, -0.2) is 68.4 Å². The molecular formula is C26H36N4O5S. The molecule has 2 aromatic rings. The number of nitriles is 1. The molecule has 0 heterocycles. The molecule has 2 aromatic carbocycles. The zero-order valence-corrected chi connectivity index (χ0v) is 22.1. The van der Waals surface area contributed by atoms with Crippen LogP contribution < -0.4 is 10.2 Å².